The number of benzene rings is 1. The highest BCUT2D eigenvalue weighted by Crippen LogP contribution is 2.30. The molecule has 2 rings (SSSR count). The summed E-state index contributed by atoms with van der Waals surface area (Å²) >= 11 is 1.53. The third-order valence-electron chi connectivity index (χ3n) is 2.81. The maximum atomic E-state index is 12.3. The Balaban J connectivity index is 2.40. The first kappa shape index (κ1) is 14.8. The number of thiophene rings is 1. The van der Waals surface area contributed by atoms with Crippen LogP contribution in [-0.4, -0.2) is 11.6 Å². The molecule has 0 radical (unpaired) electrons. The van der Waals surface area contributed by atoms with E-state index in [0.717, 1.165) is 11.1 Å². The summed E-state index contributed by atoms with van der Waals surface area (Å²) in [6.07, 6.45) is 0. The lowest BCUT2D eigenvalue weighted by atomic mass is 10.00. The smallest absolute Gasteiger partial charge is 0.340 e. The quantitative estimate of drug-likeness (QED) is 0.728. The van der Waals surface area contributed by atoms with Crippen molar-refractivity contribution in [3.63, 3.8) is 0 Å². The standard InChI is InChI=1S/C17H20O2S/c1-11-6-12(2)8-13(7-11)14-9-20-10-15(14)16(18)19-17(3,4)5/h6-10H,1-5H3. The van der Waals surface area contributed by atoms with Crippen LogP contribution in [0.3, 0.4) is 0 Å². The van der Waals surface area contributed by atoms with Gasteiger partial charge in [-0.15, -0.1) is 0 Å². The summed E-state index contributed by atoms with van der Waals surface area (Å²) in [6, 6.07) is 6.33. The summed E-state index contributed by atoms with van der Waals surface area (Å²) in [4.78, 5) is 12.3. The number of rotatable bonds is 2. The van der Waals surface area contributed by atoms with Crippen LogP contribution in [-0.2, 0) is 4.74 Å². The van der Waals surface area contributed by atoms with Gasteiger partial charge < -0.3 is 4.74 Å². The van der Waals surface area contributed by atoms with E-state index in [0.29, 0.717) is 5.56 Å². The van der Waals surface area contributed by atoms with Crippen LogP contribution in [0, 0.1) is 13.8 Å². The topological polar surface area (TPSA) is 26.3 Å². The van der Waals surface area contributed by atoms with E-state index in [1.165, 1.54) is 22.5 Å². The van der Waals surface area contributed by atoms with Crippen molar-refractivity contribution in [1.82, 2.24) is 0 Å². The number of esters is 1. The fourth-order valence-electron chi connectivity index (χ4n) is 2.14. The SMILES string of the molecule is Cc1cc(C)cc(-c2cscc2C(=O)OC(C)(C)C)c1. The number of carbonyl (C=O) groups is 1. The summed E-state index contributed by atoms with van der Waals surface area (Å²) in [5, 5.41) is 3.87. The molecular weight excluding hydrogens is 268 g/mol. The van der Waals surface area contributed by atoms with E-state index in [-0.39, 0.29) is 5.97 Å². The Morgan fingerprint density at radius 3 is 2.20 bits per heavy atom. The lowest BCUT2D eigenvalue weighted by Crippen LogP contribution is -2.23. The van der Waals surface area contributed by atoms with E-state index in [4.69, 9.17) is 4.74 Å². The minimum absolute atomic E-state index is 0.257. The summed E-state index contributed by atoms with van der Waals surface area (Å²) in [7, 11) is 0. The Morgan fingerprint density at radius 2 is 1.65 bits per heavy atom. The van der Waals surface area contributed by atoms with Crippen molar-refractivity contribution in [2.45, 2.75) is 40.2 Å². The molecule has 0 bridgehead atoms. The molecule has 0 saturated heterocycles. The molecule has 0 atom stereocenters. The zero-order valence-corrected chi connectivity index (χ0v) is 13.4. The Morgan fingerprint density at radius 1 is 1.05 bits per heavy atom. The largest absolute Gasteiger partial charge is 0.456 e. The number of carbonyl (C=O) groups excluding carboxylic acids is 1. The van der Waals surface area contributed by atoms with Gasteiger partial charge in [-0.25, -0.2) is 4.79 Å². The van der Waals surface area contributed by atoms with Gasteiger partial charge >= 0.3 is 5.97 Å². The van der Waals surface area contributed by atoms with Gasteiger partial charge in [-0.05, 0) is 45.6 Å². The highest BCUT2D eigenvalue weighted by Gasteiger charge is 2.21. The van der Waals surface area contributed by atoms with E-state index in [9.17, 15) is 4.79 Å². The van der Waals surface area contributed by atoms with E-state index >= 15 is 0 Å². The van der Waals surface area contributed by atoms with Gasteiger partial charge in [0, 0.05) is 10.9 Å². The van der Waals surface area contributed by atoms with Crippen LogP contribution >= 0.6 is 11.3 Å². The van der Waals surface area contributed by atoms with Gasteiger partial charge in [-0.1, -0.05) is 29.3 Å². The minimum Gasteiger partial charge on any atom is -0.456 e. The molecule has 0 spiro atoms. The monoisotopic (exact) mass is 288 g/mol. The van der Waals surface area contributed by atoms with Crippen molar-refractivity contribution in [3.8, 4) is 11.1 Å². The van der Waals surface area contributed by atoms with Crippen LogP contribution in [0.2, 0.25) is 0 Å². The molecule has 1 heterocycles. The van der Waals surface area contributed by atoms with Crippen LogP contribution in [0.5, 0.6) is 0 Å². The van der Waals surface area contributed by atoms with Gasteiger partial charge in [-0.2, -0.15) is 11.3 Å². The van der Waals surface area contributed by atoms with Crippen molar-refractivity contribution >= 4 is 17.3 Å². The normalized spacial score (nSPS) is 11.4. The molecule has 0 aliphatic heterocycles. The summed E-state index contributed by atoms with van der Waals surface area (Å²) in [6.45, 7) is 9.78. The predicted octanol–water partition coefficient (Wildman–Crippen LogP) is 4.99. The molecule has 0 unspecified atom stereocenters. The first-order valence-electron chi connectivity index (χ1n) is 6.64. The first-order valence-corrected chi connectivity index (χ1v) is 7.59. The van der Waals surface area contributed by atoms with Gasteiger partial charge in [-0.3, -0.25) is 0 Å². The van der Waals surface area contributed by atoms with E-state index in [2.05, 4.69) is 32.0 Å². The highest BCUT2D eigenvalue weighted by molar-refractivity contribution is 7.08. The molecule has 1 aromatic carbocycles. The van der Waals surface area contributed by atoms with Crippen LogP contribution in [0.1, 0.15) is 42.3 Å². The maximum Gasteiger partial charge on any atom is 0.340 e. The van der Waals surface area contributed by atoms with Gasteiger partial charge in [0.05, 0.1) is 5.56 Å². The first-order chi connectivity index (χ1) is 9.26. The molecule has 20 heavy (non-hydrogen) atoms. The summed E-state index contributed by atoms with van der Waals surface area (Å²) in [5.41, 5.74) is 4.59. The molecular formula is C17H20O2S. The van der Waals surface area contributed by atoms with Crippen molar-refractivity contribution in [3.05, 3.63) is 45.6 Å². The number of ether oxygens (including phenoxy) is 1. The van der Waals surface area contributed by atoms with E-state index in [1.54, 1.807) is 0 Å². The van der Waals surface area contributed by atoms with Crippen molar-refractivity contribution in [1.29, 1.82) is 0 Å². The zero-order chi connectivity index (χ0) is 14.9. The van der Waals surface area contributed by atoms with Crippen LogP contribution in [0.15, 0.2) is 29.0 Å². The molecule has 0 amide bonds. The molecule has 0 aliphatic carbocycles. The fourth-order valence-corrected chi connectivity index (χ4v) is 2.97. The van der Waals surface area contributed by atoms with Gasteiger partial charge in [0.2, 0.25) is 0 Å². The molecule has 106 valence electrons. The van der Waals surface area contributed by atoms with Crippen molar-refractivity contribution < 1.29 is 9.53 Å². The maximum absolute atomic E-state index is 12.3. The second-order valence-electron chi connectivity index (χ2n) is 6.08. The van der Waals surface area contributed by atoms with Gasteiger partial charge in [0.1, 0.15) is 5.60 Å². The third kappa shape index (κ3) is 3.48. The molecule has 0 N–H and O–H groups in total. The zero-order valence-electron chi connectivity index (χ0n) is 12.6. The Hall–Kier alpha value is -1.61. The van der Waals surface area contributed by atoms with E-state index < -0.39 is 5.60 Å². The number of hydrogen-bond acceptors (Lipinski definition) is 3. The average Bonchev–Trinajstić information content (AvgIpc) is 2.73. The van der Waals surface area contributed by atoms with E-state index in [1.807, 2.05) is 31.5 Å². The number of aryl methyl sites for hydroxylation is 2. The predicted molar refractivity (Wildman–Crippen MR) is 84.4 cm³/mol. The third-order valence-corrected chi connectivity index (χ3v) is 3.56. The Bertz CT molecular complexity index is 612. The molecule has 0 aliphatic rings. The van der Waals surface area contributed by atoms with Gasteiger partial charge in [0.25, 0.3) is 0 Å². The van der Waals surface area contributed by atoms with Crippen LogP contribution in [0.4, 0.5) is 0 Å². The lowest BCUT2D eigenvalue weighted by molar-refractivity contribution is 0.00710. The van der Waals surface area contributed by atoms with Crippen LogP contribution in [0.25, 0.3) is 11.1 Å². The average molecular weight is 288 g/mol. The van der Waals surface area contributed by atoms with Crippen molar-refractivity contribution in [2.75, 3.05) is 0 Å². The molecule has 2 aromatic rings. The Kier molecular flexibility index (Phi) is 4.00. The molecule has 0 fully saturated rings. The summed E-state index contributed by atoms with van der Waals surface area (Å²) in [5.74, 6) is -0.257. The molecule has 1 aromatic heterocycles. The second kappa shape index (κ2) is 5.41. The minimum atomic E-state index is -0.473. The molecule has 2 nitrogen and oxygen atoms in total. The summed E-state index contributed by atoms with van der Waals surface area (Å²) < 4.78 is 5.47. The Labute approximate surface area is 124 Å². The second-order valence-corrected chi connectivity index (χ2v) is 6.82. The fraction of sp³-hybridized carbons (Fsp3) is 0.353. The van der Waals surface area contributed by atoms with Crippen LogP contribution < -0.4 is 0 Å². The highest BCUT2D eigenvalue weighted by atomic mass is 32.1. The molecule has 3 heteroatoms. The van der Waals surface area contributed by atoms with Crippen molar-refractivity contribution in [2.24, 2.45) is 0 Å². The number of hydrogen-bond donors (Lipinski definition) is 0. The molecule has 0 saturated carbocycles. The lowest BCUT2D eigenvalue weighted by Gasteiger charge is -2.19. The van der Waals surface area contributed by atoms with Gasteiger partial charge in [0.15, 0.2) is 0 Å².